The molecule has 0 aromatic heterocycles. The second-order valence-corrected chi connectivity index (χ2v) is 6.09. The molecule has 0 aliphatic carbocycles. The van der Waals surface area contributed by atoms with Crippen LogP contribution in [-0.4, -0.2) is 17.9 Å². The van der Waals surface area contributed by atoms with Crippen LogP contribution in [0.15, 0.2) is 48.5 Å². The van der Waals surface area contributed by atoms with Crippen LogP contribution in [0.5, 0.6) is 0 Å². The predicted octanol–water partition coefficient (Wildman–Crippen LogP) is 3.15. The quantitative estimate of drug-likeness (QED) is 0.905. The second-order valence-electron chi connectivity index (χ2n) is 5.65. The van der Waals surface area contributed by atoms with E-state index in [9.17, 15) is 9.59 Å². The van der Waals surface area contributed by atoms with E-state index in [1.807, 2.05) is 48.5 Å². The fourth-order valence-corrected chi connectivity index (χ4v) is 2.76. The van der Waals surface area contributed by atoms with Gasteiger partial charge in [0.25, 0.3) is 0 Å². The molecule has 0 bridgehead atoms. The van der Waals surface area contributed by atoms with Crippen molar-refractivity contribution in [1.82, 2.24) is 5.32 Å². The van der Waals surface area contributed by atoms with Gasteiger partial charge in [0.2, 0.25) is 11.8 Å². The molecule has 4 nitrogen and oxygen atoms in total. The summed E-state index contributed by atoms with van der Waals surface area (Å²) in [5.74, 6) is -0.235. The Balaban J connectivity index is 1.66. The third-order valence-electron chi connectivity index (χ3n) is 3.83. The first kappa shape index (κ1) is 15.6. The molecule has 2 aromatic carbocycles. The molecule has 2 N–H and O–H groups in total. The second kappa shape index (κ2) is 6.84. The highest BCUT2D eigenvalue weighted by Gasteiger charge is 2.27. The van der Waals surface area contributed by atoms with Gasteiger partial charge < -0.3 is 10.6 Å². The van der Waals surface area contributed by atoms with E-state index < -0.39 is 6.04 Å². The number of nitrogens with one attached hydrogen (secondary N) is 2. The first-order valence-electron chi connectivity index (χ1n) is 7.54. The van der Waals surface area contributed by atoms with Gasteiger partial charge in [-0.15, -0.1) is 0 Å². The van der Waals surface area contributed by atoms with Crippen LogP contribution in [-0.2, 0) is 16.0 Å². The van der Waals surface area contributed by atoms with Gasteiger partial charge in [-0.3, -0.25) is 9.59 Å². The first-order chi connectivity index (χ1) is 11.1. The van der Waals surface area contributed by atoms with E-state index in [0.29, 0.717) is 17.9 Å². The molecule has 1 atom stereocenters. The van der Waals surface area contributed by atoms with Crippen LogP contribution in [0, 0.1) is 0 Å². The van der Waals surface area contributed by atoms with Gasteiger partial charge in [0.05, 0.1) is 0 Å². The fourth-order valence-electron chi connectivity index (χ4n) is 2.64. The summed E-state index contributed by atoms with van der Waals surface area (Å²) < 4.78 is 0. The van der Waals surface area contributed by atoms with Crippen molar-refractivity contribution in [2.75, 3.05) is 5.32 Å². The van der Waals surface area contributed by atoms with Gasteiger partial charge in [0.15, 0.2) is 0 Å². The Morgan fingerprint density at radius 2 is 1.96 bits per heavy atom. The van der Waals surface area contributed by atoms with Gasteiger partial charge in [0.1, 0.15) is 6.04 Å². The lowest BCUT2D eigenvalue weighted by Crippen LogP contribution is -2.37. The zero-order valence-corrected chi connectivity index (χ0v) is 13.3. The smallest absolute Gasteiger partial charge is 0.246 e. The van der Waals surface area contributed by atoms with E-state index in [2.05, 4.69) is 10.6 Å². The summed E-state index contributed by atoms with van der Waals surface area (Å²) in [6, 6.07) is 15.0. The number of benzene rings is 2. The number of hydrogen-bond acceptors (Lipinski definition) is 2. The predicted molar refractivity (Wildman–Crippen MR) is 90.5 cm³/mol. The normalized spacial score (nSPS) is 16.9. The van der Waals surface area contributed by atoms with Gasteiger partial charge >= 0.3 is 0 Å². The lowest BCUT2D eigenvalue weighted by atomic mass is 10.0. The summed E-state index contributed by atoms with van der Waals surface area (Å²) >= 11 is 5.89. The minimum absolute atomic E-state index is 0.0679. The first-order valence-corrected chi connectivity index (χ1v) is 7.91. The van der Waals surface area contributed by atoms with Gasteiger partial charge in [-0.2, -0.15) is 0 Å². The Kier molecular flexibility index (Phi) is 4.63. The third-order valence-corrected chi connectivity index (χ3v) is 4.08. The number of hydrogen-bond donors (Lipinski definition) is 2. The third kappa shape index (κ3) is 4.11. The van der Waals surface area contributed by atoms with E-state index in [1.165, 1.54) is 0 Å². The average Bonchev–Trinajstić information content (AvgIpc) is 2.97. The lowest BCUT2D eigenvalue weighted by molar-refractivity contribution is -0.122. The Labute approximate surface area is 139 Å². The van der Waals surface area contributed by atoms with E-state index in [4.69, 9.17) is 11.6 Å². The Hall–Kier alpha value is -2.33. The number of anilines is 1. The Bertz CT molecular complexity index is 728. The Morgan fingerprint density at radius 3 is 2.65 bits per heavy atom. The summed E-state index contributed by atoms with van der Waals surface area (Å²) in [6.07, 6.45) is 1.73. The van der Waals surface area contributed by atoms with E-state index in [1.54, 1.807) is 0 Å². The van der Waals surface area contributed by atoms with Crippen molar-refractivity contribution in [1.29, 1.82) is 0 Å². The molecule has 23 heavy (non-hydrogen) atoms. The molecule has 3 rings (SSSR count). The summed E-state index contributed by atoms with van der Waals surface area (Å²) in [5, 5.41) is 6.25. The van der Waals surface area contributed by atoms with Crippen LogP contribution in [0.1, 0.15) is 24.0 Å². The van der Waals surface area contributed by atoms with Crippen molar-refractivity contribution >= 4 is 29.1 Å². The van der Waals surface area contributed by atoms with Crippen LogP contribution < -0.4 is 10.6 Å². The molecular weight excluding hydrogens is 312 g/mol. The van der Waals surface area contributed by atoms with Crippen LogP contribution in [0.2, 0.25) is 5.02 Å². The number of rotatable bonds is 4. The van der Waals surface area contributed by atoms with E-state index >= 15 is 0 Å². The van der Waals surface area contributed by atoms with Crippen molar-refractivity contribution in [3.63, 3.8) is 0 Å². The zero-order chi connectivity index (χ0) is 16.2. The fraction of sp³-hybridized carbons (Fsp3) is 0.222. The van der Waals surface area contributed by atoms with Crippen LogP contribution in [0.25, 0.3) is 0 Å². The minimum atomic E-state index is -0.428. The van der Waals surface area contributed by atoms with Gasteiger partial charge in [-0.1, -0.05) is 35.9 Å². The summed E-state index contributed by atoms with van der Waals surface area (Å²) in [4.78, 5) is 23.3. The monoisotopic (exact) mass is 328 g/mol. The molecule has 1 unspecified atom stereocenters. The zero-order valence-electron chi connectivity index (χ0n) is 12.5. The molecular formula is C18H17ClN2O2. The molecule has 0 radical (unpaired) electrons. The highest BCUT2D eigenvalue weighted by Crippen LogP contribution is 2.17. The molecule has 2 aromatic rings. The van der Waals surface area contributed by atoms with Gasteiger partial charge in [0, 0.05) is 17.1 Å². The highest BCUT2D eigenvalue weighted by atomic mass is 35.5. The summed E-state index contributed by atoms with van der Waals surface area (Å²) in [7, 11) is 0. The van der Waals surface area contributed by atoms with Crippen molar-refractivity contribution in [2.45, 2.75) is 25.3 Å². The van der Waals surface area contributed by atoms with E-state index in [0.717, 1.165) is 23.2 Å². The maximum atomic E-state index is 12.1. The van der Waals surface area contributed by atoms with E-state index in [-0.39, 0.29) is 11.8 Å². The van der Waals surface area contributed by atoms with Crippen LogP contribution in [0.3, 0.4) is 0 Å². The summed E-state index contributed by atoms with van der Waals surface area (Å²) in [6.45, 7) is 0. The van der Waals surface area contributed by atoms with Gasteiger partial charge in [-0.05, 0) is 48.2 Å². The summed E-state index contributed by atoms with van der Waals surface area (Å²) in [5.41, 5.74) is 2.99. The largest absolute Gasteiger partial charge is 0.344 e. The molecule has 0 spiro atoms. The molecule has 1 saturated heterocycles. The maximum absolute atomic E-state index is 12.1. The van der Waals surface area contributed by atoms with Crippen molar-refractivity contribution in [3.8, 4) is 0 Å². The Morgan fingerprint density at radius 1 is 1.17 bits per heavy atom. The number of halogens is 1. The molecule has 1 aliphatic rings. The average molecular weight is 329 g/mol. The minimum Gasteiger partial charge on any atom is -0.344 e. The number of carbonyl (C=O) groups is 2. The standard InChI is InChI=1S/C18H17ClN2O2/c19-14-6-4-12(5-7-14)10-13-2-1-3-15(11-13)20-18(23)16-8-9-17(22)21-16/h1-7,11,16H,8-10H2,(H,20,23)(H,21,22). The molecule has 5 heteroatoms. The highest BCUT2D eigenvalue weighted by molar-refractivity contribution is 6.30. The SMILES string of the molecule is O=C1CCC(C(=O)Nc2cccc(Cc3ccc(Cl)cc3)c2)N1. The van der Waals surface area contributed by atoms with Gasteiger partial charge in [-0.25, -0.2) is 0 Å². The van der Waals surface area contributed by atoms with Crippen LogP contribution >= 0.6 is 11.6 Å². The van der Waals surface area contributed by atoms with Crippen LogP contribution in [0.4, 0.5) is 5.69 Å². The maximum Gasteiger partial charge on any atom is 0.246 e. The molecule has 0 saturated carbocycles. The number of amides is 2. The molecule has 1 aliphatic heterocycles. The molecule has 1 heterocycles. The lowest BCUT2D eigenvalue weighted by Gasteiger charge is -2.12. The number of carbonyl (C=O) groups excluding carboxylic acids is 2. The molecule has 2 amide bonds. The topological polar surface area (TPSA) is 58.2 Å². The van der Waals surface area contributed by atoms with Crippen molar-refractivity contribution in [3.05, 3.63) is 64.7 Å². The molecule has 1 fully saturated rings. The van der Waals surface area contributed by atoms with Crippen molar-refractivity contribution < 1.29 is 9.59 Å². The van der Waals surface area contributed by atoms with Crippen molar-refractivity contribution in [2.24, 2.45) is 0 Å². The molecule has 118 valence electrons.